The minimum atomic E-state index is -1.57. The highest BCUT2D eigenvalue weighted by Gasteiger charge is 2.27. The highest BCUT2D eigenvalue weighted by molar-refractivity contribution is 5.88. The summed E-state index contributed by atoms with van der Waals surface area (Å²) in [7, 11) is 0. The zero-order valence-corrected chi connectivity index (χ0v) is 9.76. The Morgan fingerprint density at radius 2 is 2.00 bits per heavy atom. The first-order valence-electron chi connectivity index (χ1n) is 5.37. The lowest BCUT2D eigenvalue weighted by atomic mass is 9.99. The average molecular weight is 271 g/mol. The van der Waals surface area contributed by atoms with Gasteiger partial charge in [-0.1, -0.05) is 0 Å². The van der Waals surface area contributed by atoms with Crippen molar-refractivity contribution in [3.8, 4) is 0 Å². The standard InChI is InChI=1S/C11H13NO7/c13-4-3-9(14)10(15)7-2-1-6(11(16)17)5-8(7)12(18)19/h1-2,5,9-10,13-15H,3-4H2,(H,16,17). The maximum atomic E-state index is 10.9. The molecule has 0 aromatic heterocycles. The Hall–Kier alpha value is -2.03. The number of nitro benzene ring substituents is 1. The second-order valence-electron chi connectivity index (χ2n) is 3.86. The predicted molar refractivity (Wildman–Crippen MR) is 62.7 cm³/mol. The highest BCUT2D eigenvalue weighted by atomic mass is 16.6. The number of hydrogen-bond donors (Lipinski definition) is 4. The van der Waals surface area contributed by atoms with Gasteiger partial charge >= 0.3 is 5.97 Å². The van der Waals surface area contributed by atoms with E-state index >= 15 is 0 Å². The van der Waals surface area contributed by atoms with Crippen LogP contribution in [-0.4, -0.2) is 44.0 Å². The number of rotatable bonds is 6. The van der Waals surface area contributed by atoms with Crippen molar-refractivity contribution in [2.24, 2.45) is 0 Å². The van der Waals surface area contributed by atoms with Gasteiger partial charge in [0.2, 0.25) is 0 Å². The fraction of sp³-hybridized carbons (Fsp3) is 0.364. The number of carboxylic acids is 1. The summed E-state index contributed by atoms with van der Waals surface area (Å²) >= 11 is 0. The van der Waals surface area contributed by atoms with Gasteiger partial charge in [-0.2, -0.15) is 0 Å². The summed E-state index contributed by atoms with van der Waals surface area (Å²) in [6.07, 6.45) is -3.10. The molecule has 0 bridgehead atoms. The zero-order valence-electron chi connectivity index (χ0n) is 9.76. The second kappa shape index (κ2) is 6.23. The number of nitrogens with zero attached hydrogens (tertiary/aromatic N) is 1. The molecule has 8 heteroatoms. The van der Waals surface area contributed by atoms with Crippen LogP contribution in [0.15, 0.2) is 18.2 Å². The summed E-state index contributed by atoms with van der Waals surface area (Å²) in [4.78, 5) is 20.7. The number of aliphatic hydroxyl groups excluding tert-OH is 3. The maximum Gasteiger partial charge on any atom is 0.335 e. The topological polar surface area (TPSA) is 141 Å². The van der Waals surface area contributed by atoms with Crippen LogP contribution in [0.4, 0.5) is 5.69 Å². The van der Waals surface area contributed by atoms with Gasteiger partial charge in [-0.25, -0.2) is 4.79 Å². The van der Waals surface area contributed by atoms with Crippen LogP contribution in [0.3, 0.4) is 0 Å². The highest BCUT2D eigenvalue weighted by Crippen LogP contribution is 2.29. The van der Waals surface area contributed by atoms with Gasteiger partial charge in [0.1, 0.15) is 6.10 Å². The molecule has 0 aliphatic rings. The second-order valence-corrected chi connectivity index (χ2v) is 3.86. The summed E-state index contributed by atoms with van der Waals surface area (Å²) in [6.45, 7) is -0.390. The number of hydrogen-bond acceptors (Lipinski definition) is 6. The largest absolute Gasteiger partial charge is 0.478 e. The molecule has 0 fully saturated rings. The molecule has 19 heavy (non-hydrogen) atoms. The number of nitro groups is 1. The van der Waals surface area contributed by atoms with Gasteiger partial charge in [0, 0.05) is 12.7 Å². The third kappa shape index (κ3) is 3.47. The maximum absolute atomic E-state index is 10.9. The van der Waals surface area contributed by atoms with Gasteiger partial charge in [-0.3, -0.25) is 10.1 Å². The number of aliphatic hydroxyl groups is 3. The Morgan fingerprint density at radius 3 is 2.47 bits per heavy atom. The van der Waals surface area contributed by atoms with Crippen LogP contribution in [-0.2, 0) is 0 Å². The summed E-state index contributed by atoms with van der Waals surface area (Å²) in [5, 5.41) is 47.5. The monoisotopic (exact) mass is 271 g/mol. The molecule has 1 aromatic rings. The molecule has 0 saturated carbocycles. The molecule has 2 atom stereocenters. The molecule has 1 rings (SSSR count). The average Bonchev–Trinajstić information content (AvgIpc) is 2.37. The van der Waals surface area contributed by atoms with E-state index in [9.17, 15) is 25.1 Å². The van der Waals surface area contributed by atoms with Crippen LogP contribution in [0.5, 0.6) is 0 Å². The molecule has 0 heterocycles. The lowest BCUT2D eigenvalue weighted by Crippen LogP contribution is -2.20. The smallest absolute Gasteiger partial charge is 0.335 e. The van der Waals surface area contributed by atoms with Crippen LogP contribution in [0.25, 0.3) is 0 Å². The molecule has 0 aliphatic heterocycles. The molecule has 1 aromatic carbocycles. The van der Waals surface area contributed by atoms with Gasteiger partial charge < -0.3 is 20.4 Å². The van der Waals surface area contributed by atoms with Crippen molar-refractivity contribution >= 4 is 11.7 Å². The van der Waals surface area contributed by atoms with Gasteiger partial charge in [0.05, 0.1) is 22.2 Å². The molecule has 8 nitrogen and oxygen atoms in total. The van der Waals surface area contributed by atoms with Crippen molar-refractivity contribution in [2.75, 3.05) is 6.61 Å². The number of benzene rings is 1. The minimum Gasteiger partial charge on any atom is -0.478 e. The molecular weight excluding hydrogens is 258 g/mol. The van der Waals surface area contributed by atoms with Crippen molar-refractivity contribution in [2.45, 2.75) is 18.6 Å². The number of carboxylic acid groups (broad SMARTS) is 1. The fourth-order valence-corrected chi connectivity index (χ4v) is 1.58. The van der Waals surface area contributed by atoms with Crippen LogP contribution in [0.2, 0.25) is 0 Å². The van der Waals surface area contributed by atoms with Gasteiger partial charge in [-0.15, -0.1) is 0 Å². The van der Waals surface area contributed by atoms with Crippen molar-refractivity contribution < 1.29 is 30.1 Å². The van der Waals surface area contributed by atoms with E-state index in [1.807, 2.05) is 0 Å². The molecule has 0 radical (unpaired) electrons. The summed E-state index contributed by atoms with van der Waals surface area (Å²) in [5.41, 5.74) is -1.08. The van der Waals surface area contributed by atoms with E-state index in [0.29, 0.717) is 0 Å². The van der Waals surface area contributed by atoms with E-state index in [4.69, 9.17) is 10.2 Å². The molecule has 104 valence electrons. The van der Waals surface area contributed by atoms with Crippen LogP contribution in [0.1, 0.15) is 28.4 Å². The fourth-order valence-electron chi connectivity index (χ4n) is 1.58. The number of carbonyl (C=O) groups is 1. The van der Waals surface area contributed by atoms with Gasteiger partial charge in [-0.05, 0) is 18.6 Å². The van der Waals surface area contributed by atoms with E-state index in [1.54, 1.807) is 0 Å². The predicted octanol–water partition coefficient (Wildman–Crippen LogP) is 0.0697. The molecule has 0 amide bonds. The van der Waals surface area contributed by atoms with E-state index in [1.165, 1.54) is 0 Å². The first-order valence-corrected chi connectivity index (χ1v) is 5.37. The first-order chi connectivity index (χ1) is 8.88. The quantitative estimate of drug-likeness (QED) is 0.423. The van der Waals surface area contributed by atoms with Crippen molar-refractivity contribution in [3.05, 3.63) is 39.4 Å². The van der Waals surface area contributed by atoms with Gasteiger partial charge in [0.15, 0.2) is 0 Å². The zero-order chi connectivity index (χ0) is 14.6. The van der Waals surface area contributed by atoms with Crippen LogP contribution < -0.4 is 0 Å². The first kappa shape index (κ1) is 15.0. The summed E-state index contributed by atoms with van der Waals surface area (Å²) in [5.74, 6) is -1.33. The summed E-state index contributed by atoms with van der Waals surface area (Å²) < 4.78 is 0. The van der Waals surface area contributed by atoms with E-state index in [0.717, 1.165) is 18.2 Å². The summed E-state index contributed by atoms with van der Waals surface area (Å²) in [6, 6.07) is 2.99. The minimum absolute atomic E-state index is 0.154. The number of aromatic carboxylic acids is 1. The van der Waals surface area contributed by atoms with Crippen molar-refractivity contribution in [1.82, 2.24) is 0 Å². The van der Waals surface area contributed by atoms with E-state index in [-0.39, 0.29) is 24.2 Å². The molecule has 2 unspecified atom stereocenters. The van der Waals surface area contributed by atoms with Crippen molar-refractivity contribution in [1.29, 1.82) is 0 Å². The van der Waals surface area contributed by atoms with Gasteiger partial charge in [0.25, 0.3) is 5.69 Å². The third-order valence-corrected chi connectivity index (χ3v) is 2.58. The Morgan fingerprint density at radius 1 is 1.37 bits per heavy atom. The SMILES string of the molecule is O=C(O)c1ccc(C(O)C(O)CCO)c([N+](=O)[O-])c1. The lowest BCUT2D eigenvalue weighted by Gasteiger charge is -2.17. The Balaban J connectivity index is 3.20. The van der Waals surface area contributed by atoms with Crippen molar-refractivity contribution in [3.63, 3.8) is 0 Å². The third-order valence-electron chi connectivity index (χ3n) is 2.58. The molecule has 0 spiro atoms. The lowest BCUT2D eigenvalue weighted by molar-refractivity contribution is -0.386. The normalized spacial score (nSPS) is 13.8. The van der Waals surface area contributed by atoms with E-state index in [2.05, 4.69) is 0 Å². The molecule has 4 N–H and O–H groups in total. The molecule has 0 aliphatic carbocycles. The Kier molecular flexibility index (Phi) is 4.93. The molecule has 0 saturated heterocycles. The van der Waals surface area contributed by atoms with Crippen LogP contribution in [0, 0.1) is 10.1 Å². The Bertz CT molecular complexity index is 488. The molecular formula is C11H13NO7. The Labute approximate surface area is 107 Å². The van der Waals surface area contributed by atoms with E-state index < -0.39 is 28.8 Å². The van der Waals surface area contributed by atoms with Crippen LogP contribution >= 0.6 is 0 Å².